The van der Waals surface area contributed by atoms with E-state index in [0.29, 0.717) is 13.2 Å². The second-order valence-electron chi connectivity index (χ2n) is 3.99. The molecule has 1 aromatic rings. The van der Waals surface area contributed by atoms with E-state index in [1.165, 1.54) is 0 Å². The summed E-state index contributed by atoms with van der Waals surface area (Å²) < 4.78 is 5.23. The minimum absolute atomic E-state index is 0.0000940. The minimum Gasteiger partial charge on any atom is -0.382 e. The monoisotopic (exact) mass is 267 g/mol. The third-order valence-corrected chi connectivity index (χ3v) is 3.37. The molecule has 0 aliphatic carbocycles. The molecule has 1 N–H and O–H groups in total. The van der Waals surface area contributed by atoms with Gasteiger partial charge in [-0.05, 0) is 44.2 Å². The Morgan fingerprint density at radius 1 is 1.44 bits per heavy atom. The van der Waals surface area contributed by atoms with Gasteiger partial charge in [0.1, 0.15) is 0 Å². The molecule has 1 amide bonds. The molecule has 100 valence electrons. The highest BCUT2D eigenvalue weighted by atomic mass is 32.2. The lowest BCUT2D eigenvalue weighted by atomic mass is 10.1. The van der Waals surface area contributed by atoms with Gasteiger partial charge in [0, 0.05) is 30.2 Å². The van der Waals surface area contributed by atoms with Crippen LogP contribution in [0.5, 0.6) is 0 Å². The molecule has 0 atom stereocenters. The molecule has 0 aliphatic rings. The highest BCUT2D eigenvalue weighted by Crippen LogP contribution is 2.18. The average molecular weight is 267 g/mol. The van der Waals surface area contributed by atoms with Crippen molar-refractivity contribution in [1.82, 2.24) is 5.32 Å². The van der Waals surface area contributed by atoms with Gasteiger partial charge < -0.3 is 10.1 Å². The van der Waals surface area contributed by atoms with Crippen molar-refractivity contribution in [3.63, 3.8) is 0 Å². The molecule has 0 bridgehead atoms. The van der Waals surface area contributed by atoms with Crippen LogP contribution in [0.1, 0.15) is 29.3 Å². The number of rotatable bonds is 7. The van der Waals surface area contributed by atoms with Crippen LogP contribution in [-0.4, -0.2) is 31.9 Å². The molecular weight excluding hydrogens is 246 g/mol. The van der Waals surface area contributed by atoms with Gasteiger partial charge in [-0.25, -0.2) is 0 Å². The highest BCUT2D eigenvalue weighted by Gasteiger charge is 2.08. The zero-order valence-electron chi connectivity index (χ0n) is 11.3. The van der Waals surface area contributed by atoms with Gasteiger partial charge in [0.25, 0.3) is 5.91 Å². The van der Waals surface area contributed by atoms with Crippen LogP contribution in [0.15, 0.2) is 23.1 Å². The molecule has 0 spiro atoms. The first-order valence-corrected chi connectivity index (χ1v) is 7.42. The quantitative estimate of drug-likeness (QED) is 0.610. The van der Waals surface area contributed by atoms with Crippen LogP contribution in [-0.2, 0) is 4.74 Å². The van der Waals surface area contributed by atoms with E-state index < -0.39 is 0 Å². The lowest BCUT2D eigenvalue weighted by Gasteiger charge is -2.09. The standard InChI is InChI=1S/C14H21NO2S/c1-4-17-9-5-8-15-14(16)13-10-12(18-3)7-6-11(13)2/h6-7,10H,4-5,8-9H2,1-3H3,(H,15,16). The van der Waals surface area contributed by atoms with E-state index in [0.717, 1.165) is 29.1 Å². The molecular formula is C14H21NO2S. The second-order valence-corrected chi connectivity index (χ2v) is 4.87. The third kappa shape index (κ3) is 4.70. The van der Waals surface area contributed by atoms with Crippen molar-refractivity contribution in [3.05, 3.63) is 29.3 Å². The molecule has 0 saturated heterocycles. The number of hydrogen-bond acceptors (Lipinski definition) is 3. The van der Waals surface area contributed by atoms with E-state index in [9.17, 15) is 4.79 Å². The van der Waals surface area contributed by atoms with Gasteiger partial charge in [-0.2, -0.15) is 0 Å². The maximum atomic E-state index is 12.0. The number of nitrogens with one attached hydrogen (secondary N) is 1. The first kappa shape index (κ1) is 15.1. The van der Waals surface area contributed by atoms with Crippen LogP contribution in [0.4, 0.5) is 0 Å². The maximum absolute atomic E-state index is 12.0. The van der Waals surface area contributed by atoms with Crippen LogP contribution in [0.3, 0.4) is 0 Å². The fraction of sp³-hybridized carbons (Fsp3) is 0.500. The summed E-state index contributed by atoms with van der Waals surface area (Å²) in [5.74, 6) is -0.0000940. The van der Waals surface area contributed by atoms with Gasteiger partial charge in [-0.3, -0.25) is 4.79 Å². The highest BCUT2D eigenvalue weighted by molar-refractivity contribution is 7.98. The molecule has 0 heterocycles. The average Bonchev–Trinajstić information content (AvgIpc) is 2.39. The predicted molar refractivity (Wildman–Crippen MR) is 76.4 cm³/mol. The summed E-state index contributed by atoms with van der Waals surface area (Å²) >= 11 is 1.64. The van der Waals surface area contributed by atoms with Gasteiger partial charge in [-0.1, -0.05) is 6.07 Å². The van der Waals surface area contributed by atoms with E-state index >= 15 is 0 Å². The lowest BCUT2D eigenvalue weighted by molar-refractivity contribution is 0.0943. The number of hydrogen-bond donors (Lipinski definition) is 1. The zero-order valence-corrected chi connectivity index (χ0v) is 12.1. The smallest absolute Gasteiger partial charge is 0.251 e. The number of ether oxygens (including phenoxy) is 1. The molecule has 1 rings (SSSR count). The van der Waals surface area contributed by atoms with E-state index in [1.807, 2.05) is 38.3 Å². The van der Waals surface area contributed by atoms with Gasteiger partial charge >= 0.3 is 0 Å². The number of benzene rings is 1. The Hall–Kier alpha value is -1.00. The fourth-order valence-electron chi connectivity index (χ4n) is 1.59. The first-order chi connectivity index (χ1) is 8.69. The topological polar surface area (TPSA) is 38.3 Å². The largest absolute Gasteiger partial charge is 0.382 e. The summed E-state index contributed by atoms with van der Waals surface area (Å²) in [5.41, 5.74) is 1.77. The summed E-state index contributed by atoms with van der Waals surface area (Å²) in [6.45, 7) is 6.00. The molecule has 0 fully saturated rings. The van der Waals surface area contributed by atoms with Crippen molar-refractivity contribution >= 4 is 17.7 Å². The predicted octanol–water partition coefficient (Wildman–Crippen LogP) is 2.87. The van der Waals surface area contributed by atoms with Crippen molar-refractivity contribution in [3.8, 4) is 0 Å². The van der Waals surface area contributed by atoms with Gasteiger partial charge in [0.15, 0.2) is 0 Å². The Balaban J connectivity index is 2.50. The minimum atomic E-state index is -0.0000940. The second kappa shape index (κ2) is 8.16. The Kier molecular flexibility index (Phi) is 6.83. The van der Waals surface area contributed by atoms with Crippen molar-refractivity contribution in [2.45, 2.75) is 25.2 Å². The van der Waals surface area contributed by atoms with Crippen molar-refractivity contribution < 1.29 is 9.53 Å². The van der Waals surface area contributed by atoms with Crippen LogP contribution in [0.2, 0.25) is 0 Å². The van der Waals surface area contributed by atoms with Gasteiger partial charge in [-0.15, -0.1) is 11.8 Å². The Morgan fingerprint density at radius 2 is 2.22 bits per heavy atom. The molecule has 3 nitrogen and oxygen atoms in total. The molecule has 0 aliphatic heterocycles. The number of amides is 1. The Labute approximate surface area is 113 Å². The molecule has 0 radical (unpaired) electrons. The summed E-state index contributed by atoms with van der Waals surface area (Å²) in [7, 11) is 0. The third-order valence-electron chi connectivity index (χ3n) is 2.64. The Bertz CT molecular complexity index is 393. The summed E-state index contributed by atoms with van der Waals surface area (Å²) in [6.07, 6.45) is 2.86. The van der Waals surface area contributed by atoms with E-state index in [-0.39, 0.29) is 5.91 Å². The van der Waals surface area contributed by atoms with Gasteiger partial charge in [0.05, 0.1) is 0 Å². The molecule has 18 heavy (non-hydrogen) atoms. The molecule has 0 unspecified atom stereocenters. The molecule has 0 saturated carbocycles. The molecule has 1 aromatic carbocycles. The summed E-state index contributed by atoms with van der Waals surface area (Å²) in [6, 6.07) is 5.96. The fourth-order valence-corrected chi connectivity index (χ4v) is 2.03. The number of aryl methyl sites for hydroxylation is 1. The van der Waals surface area contributed by atoms with E-state index in [4.69, 9.17) is 4.74 Å². The maximum Gasteiger partial charge on any atom is 0.251 e. The van der Waals surface area contributed by atoms with Crippen molar-refractivity contribution in [1.29, 1.82) is 0 Å². The number of thioether (sulfide) groups is 1. The van der Waals surface area contributed by atoms with Crippen LogP contribution in [0.25, 0.3) is 0 Å². The van der Waals surface area contributed by atoms with Crippen LogP contribution in [0, 0.1) is 6.92 Å². The Morgan fingerprint density at radius 3 is 2.89 bits per heavy atom. The van der Waals surface area contributed by atoms with Crippen LogP contribution < -0.4 is 5.32 Å². The first-order valence-electron chi connectivity index (χ1n) is 6.19. The SMILES string of the molecule is CCOCCCNC(=O)c1cc(SC)ccc1C. The number of carbonyl (C=O) groups excluding carboxylic acids is 1. The zero-order chi connectivity index (χ0) is 13.4. The van der Waals surface area contributed by atoms with Crippen molar-refractivity contribution in [2.24, 2.45) is 0 Å². The normalized spacial score (nSPS) is 10.4. The van der Waals surface area contributed by atoms with Crippen LogP contribution >= 0.6 is 11.8 Å². The number of carbonyl (C=O) groups is 1. The van der Waals surface area contributed by atoms with E-state index in [1.54, 1.807) is 11.8 Å². The lowest BCUT2D eigenvalue weighted by Crippen LogP contribution is -2.26. The van der Waals surface area contributed by atoms with E-state index in [2.05, 4.69) is 5.32 Å². The molecule has 0 aromatic heterocycles. The summed E-state index contributed by atoms with van der Waals surface area (Å²) in [4.78, 5) is 13.1. The van der Waals surface area contributed by atoms with Crippen molar-refractivity contribution in [2.75, 3.05) is 26.0 Å². The molecule has 4 heteroatoms. The van der Waals surface area contributed by atoms with Gasteiger partial charge in [0.2, 0.25) is 0 Å². The summed E-state index contributed by atoms with van der Waals surface area (Å²) in [5, 5.41) is 2.92.